The molecule has 2 atom stereocenters. The summed E-state index contributed by atoms with van der Waals surface area (Å²) >= 11 is 1.31. The maximum absolute atomic E-state index is 13.3. The van der Waals surface area contributed by atoms with Gasteiger partial charge in [-0.1, -0.05) is 18.2 Å². The van der Waals surface area contributed by atoms with Gasteiger partial charge in [0.05, 0.1) is 33.7 Å². The number of fused-ring (bicyclic) bond motifs is 2. The van der Waals surface area contributed by atoms with Crippen molar-refractivity contribution in [3.8, 4) is 0 Å². The molecule has 0 saturated carbocycles. The van der Waals surface area contributed by atoms with Crippen LogP contribution in [0.5, 0.6) is 0 Å². The second-order valence-corrected chi connectivity index (χ2v) is 10.2. The number of ether oxygens (including phenoxy) is 1. The maximum Gasteiger partial charge on any atom is 0.270 e. The summed E-state index contributed by atoms with van der Waals surface area (Å²) in [6.45, 7) is 4.62. The van der Waals surface area contributed by atoms with Crippen molar-refractivity contribution in [3.63, 3.8) is 0 Å². The molecule has 2 aromatic heterocycles. The number of benzene rings is 1. The first-order valence-corrected chi connectivity index (χ1v) is 11.8. The Kier molecular flexibility index (Phi) is 5.05. The lowest BCUT2D eigenvalue weighted by atomic mass is 9.94. The molecule has 168 valence electrons. The molecule has 5 rings (SSSR count). The van der Waals surface area contributed by atoms with Gasteiger partial charge >= 0.3 is 0 Å². The zero-order chi connectivity index (χ0) is 22.6. The van der Waals surface area contributed by atoms with E-state index in [1.165, 1.54) is 11.8 Å². The molecule has 9 heteroatoms. The average Bonchev–Trinajstić information content (AvgIpc) is 2.96. The number of anilines is 1. The Morgan fingerprint density at radius 3 is 2.75 bits per heavy atom. The van der Waals surface area contributed by atoms with Crippen molar-refractivity contribution < 1.29 is 9.53 Å². The Morgan fingerprint density at radius 2 is 1.97 bits per heavy atom. The van der Waals surface area contributed by atoms with Crippen LogP contribution >= 0.6 is 11.8 Å². The summed E-state index contributed by atoms with van der Waals surface area (Å²) in [4.78, 5) is 39.1. The number of aromatic nitrogens is 3. The molecule has 0 unspecified atom stereocenters. The summed E-state index contributed by atoms with van der Waals surface area (Å²) in [5.74, 6) is 0.442. The van der Waals surface area contributed by atoms with Crippen molar-refractivity contribution in [1.29, 1.82) is 0 Å². The third kappa shape index (κ3) is 3.49. The van der Waals surface area contributed by atoms with Gasteiger partial charge in [-0.3, -0.25) is 24.2 Å². The standard InChI is InChI=1S/C23H26N4O4S/c1-23(2)11-14(8-9-31-23)27-20-18(21(29)25-27)19(32-12-17(28)24-20)15-10-13-6-4-5-7-16(13)26(3)22(15)30/h4-7,10,14,19H,8-9,11-12H2,1-3H3,(H,24,28)(H,25,29)/t14-,19+/m0/s1. The predicted molar refractivity (Wildman–Crippen MR) is 125 cm³/mol. The molecule has 0 spiro atoms. The smallest absolute Gasteiger partial charge is 0.270 e. The number of H-pyrrole nitrogens is 1. The van der Waals surface area contributed by atoms with Gasteiger partial charge in [-0.2, -0.15) is 0 Å². The number of hydrogen-bond acceptors (Lipinski definition) is 5. The van der Waals surface area contributed by atoms with Gasteiger partial charge in [-0.05, 0) is 44.2 Å². The lowest BCUT2D eigenvalue weighted by Gasteiger charge is -2.36. The zero-order valence-corrected chi connectivity index (χ0v) is 19.1. The van der Waals surface area contributed by atoms with Crippen molar-refractivity contribution in [2.24, 2.45) is 7.05 Å². The number of aromatic amines is 1. The number of carbonyl (C=O) groups excluding carboxylic acids is 1. The van der Waals surface area contributed by atoms with Crippen molar-refractivity contribution in [1.82, 2.24) is 14.3 Å². The van der Waals surface area contributed by atoms with Crippen LogP contribution in [-0.4, -0.2) is 38.2 Å². The zero-order valence-electron chi connectivity index (χ0n) is 18.3. The molecule has 2 N–H and O–H groups in total. The summed E-state index contributed by atoms with van der Waals surface area (Å²) in [5, 5.41) is 6.24. The second kappa shape index (κ2) is 7.67. The molecule has 0 aliphatic carbocycles. The molecule has 1 aromatic carbocycles. The van der Waals surface area contributed by atoms with Gasteiger partial charge in [0, 0.05) is 19.2 Å². The highest BCUT2D eigenvalue weighted by Gasteiger charge is 2.36. The molecule has 1 fully saturated rings. The van der Waals surface area contributed by atoms with Gasteiger partial charge in [0.2, 0.25) is 5.91 Å². The van der Waals surface area contributed by atoms with Crippen LogP contribution in [0.1, 0.15) is 49.1 Å². The van der Waals surface area contributed by atoms with E-state index < -0.39 is 5.25 Å². The lowest BCUT2D eigenvalue weighted by Crippen LogP contribution is -2.36. The molecule has 1 amide bonds. The Bertz CT molecular complexity index is 1340. The molecule has 4 heterocycles. The van der Waals surface area contributed by atoms with Crippen LogP contribution in [0.3, 0.4) is 0 Å². The molecule has 0 bridgehead atoms. The molecular formula is C23H26N4O4S. The second-order valence-electron chi connectivity index (χ2n) is 9.09. The Balaban J connectivity index is 1.68. The highest BCUT2D eigenvalue weighted by Crippen LogP contribution is 2.41. The van der Waals surface area contributed by atoms with E-state index in [4.69, 9.17) is 4.74 Å². The average molecular weight is 455 g/mol. The summed E-state index contributed by atoms with van der Waals surface area (Å²) in [6, 6.07) is 9.49. The third-order valence-electron chi connectivity index (χ3n) is 6.34. The predicted octanol–water partition coefficient (Wildman–Crippen LogP) is 2.93. The molecule has 3 aromatic rings. The van der Waals surface area contributed by atoms with Gasteiger partial charge in [0.15, 0.2) is 0 Å². The number of aryl methyl sites for hydroxylation is 1. The number of carbonyl (C=O) groups is 1. The van der Waals surface area contributed by atoms with Gasteiger partial charge < -0.3 is 14.6 Å². The number of hydrogen-bond donors (Lipinski definition) is 2. The summed E-state index contributed by atoms with van der Waals surface area (Å²) in [5.41, 5.74) is 0.987. The van der Waals surface area contributed by atoms with Crippen LogP contribution in [0, 0.1) is 0 Å². The van der Waals surface area contributed by atoms with E-state index in [1.807, 2.05) is 44.2 Å². The Labute approximate surface area is 188 Å². The quantitative estimate of drug-likeness (QED) is 0.621. The van der Waals surface area contributed by atoms with Gasteiger partial charge in [-0.25, -0.2) is 0 Å². The van der Waals surface area contributed by atoms with Crippen LogP contribution < -0.4 is 16.4 Å². The van der Waals surface area contributed by atoms with Crippen molar-refractivity contribution in [3.05, 3.63) is 62.2 Å². The lowest BCUT2D eigenvalue weighted by molar-refractivity contribution is -0.113. The highest BCUT2D eigenvalue weighted by atomic mass is 32.2. The first kappa shape index (κ1) is 21.1. The molecule has 2 aliphatic heterocycles. The van der Waals surface area contributed by atoms with E-state index in [9.17, 15) is 14.4 Å². The van der Waals surface area contributed by atoms with Gasteiger partial charge in [0.25, 0.3) is 11.1 Å². The van der Waals surface area contributed by atoms with Gasteiger partial charge in [0.1, 0.15) is 5.82 Å². The minimum absolute atomic E-state index is 0.0151. The molecular weight excluding hydrogens is 428 g/mol. The van der Waals surface area contributed by atoms with Crippen LogP contribution in [0.4, 0.5) is 5.82 Å². The first-order chi connectivity index (χ1) is 15.2. The fourth-order valence-corrected chi connectivity index (χ4v) is 5.94. The molecule has 2 aliphatic rings. The van der Waals surface area contributed by atoms with E-state index in [0.29, 0.717) is 30.0 Å². The minimum Gasteiger partial charge on any atom is -0.375 e. The monoisotopic (exact) mass is 454 g/mol. The number of rotatable bonds is 2. The highest BCUT2D eigenvalue weighted by molar-refractivity contribution is 8.00. The fraction of sp³-hybridized carbons (Fsp3) is 0.435. The van der Waals surface area contributed by atoms with E-state index in [1.54, 1.807) is 16.3 Å². The minimum atomic E-state index is -0.551. The molecule has 1 saturated heterocycles. The van der Waals surface area contributed by atoms with Crippen molar-refractivity contribution >= 4 is 34.4 Å². The van der Waals surface area contributed by atoms with Crippen LogP contribution in [0.2, 0.25) is 0 Å². The number of nitrogens with zero attached hydrogens (tertiary/aromatic N) is 2. The molecule has 0 radical (unpaired) electrons. The van der Waals surface area contributed by atoms with Crippen molar-refractivity contribution in [2.75, 3.05) is 17.7 Å². The number of nitrogens with one attached hydrogen (secondary N) is 2. The first-order valence-electron chi connectivity index (χ1n) is 10.7. The number of pyridine rings is 1. The number of amides is 1. The largest absolute Gasteiger partial charge is 0.375 e. The maximum atomic E-state index is 13.3. The summed E-state index contributed by atoms with van der Waals surface area (Å²) in [7, 11) is 1.74. The van der Waals surface area contributed by atoms with Crippen molar-refractivity contribution in [2.45, 2.75) is 43.6 Å². The van der Waals surface area contributed by atoms with Gasteiger partial charge in [-0.15, -0.1) is 11.8 Å². The summed E-state index contributed by atoms with van der Waals surface area (Å²) < 4.78 is 9.22. The molecule has 32 heavy (non-hydrogen) atoms. The third-order valence-corrected chi connectivity index (χ3v) is 7.59. The van der Waals surface area contributed by atoms with E-state index >= 15 is 0 Å². The SMILES string of the molecule is Cn1c(=O)c([C@H]2SCC(=O)Nc3c2c(=O)[nH]n3[C@H]2CCOC(C)(C)C2)cc2ccccc21. The van der Waals surface area contributed by atoms with Crippen LogP contribution in [0.15, 0.2) is 39.9 Å². The Morgan fingerprint density at radius 1 is 1.19 bits per heavy atom. The van der Waals surface area contributed by atoms with E-state index in [-0.39, 0.29) is 34.4 Å². The molecule has 8 nitrogen and oxygen atoms in total. The Hall–Kier alpha value is -2.78. The number of thioether (sulfide) groups is 1. The van der Waals surface area contributed by atoms with E-state index in [0.717, 1.165) is 17.3 Å². The van der Waals surface area contributed by atoms with Crippen LogP contribution in [-0.2, 0) is 16.6 Å². The normalized spacial score (nSPS) is 22.9. The van der Waals surface area contributed by atoms with Crippen LogP contribution in [0.25, 0.3) is 10.9 Å². The summed E-state index contributed by atoms with van der Waals surface area (Å²) in [6.07, 6.45) is 1.43. The fourth-order valence-electron chi connectivity index (χ4n) is 4.82. The topological polar surface area (TPSA) is 98.1 Å². The van der Waals surface area contributed by atoms with E-state index in [2.05, 4.69) is 10.4 Å². The number of para-hydroxylation sites is 1.